The molecule has 1 fully saturated rings. The third-order valence-corrected chi connectivity index (χ3v) is 3.01. The van der Waals surface area contributed by atoms with Crippen LogP contribution in [0.2, 0.25) is 5.02 Å². The molecule has 1 nitrogen and oxygen atoms in total. The van der Waals surface area contributed by atoms with Crippen LogP contribution in [-0.4, -0.2) is 12.6 Å². The summed E-state index contributed by atoms with van der Waals surface area (Å²) >= 11 is 5.81. The van der Waals surface area contributed by atoms with Crippen LogP contribution in [0, 0.1) is 5.92 Å². The maximum atomic E-state index is 5.81. The molecule has 70 valence electrons. The van der Waals surface area contributed by atoms with Crippen LogP contribution in [-0.2, 0) is 6.42 Å². The summed E-state index contributed by atoms with van der Waals surface area (Å²) in [5, 5.41) is 4.24. The van der Waals surface area contributed by atoms with E-state index in [1.54, 1.807) is 0 Å². The van der Waals surface area contributed by atoms with Gasteiger partial charge in [-0.25, -0.2) is 0 Å². The van der Waals surface area contributed by atoms with Crippen molar-refractivity contribution in [3.05, 3.63) is 34.9 Å². The Balaban J connectivity index is 1.98. The molecule has 0 bridgehead atoms. The SMILES string of the molecule is CC1CN[C@H]1Cc1ccc(Cl)cc1. The lowest BCUT2D eigenvalue weighted by molar-refractivity contribution is 0.252. The van der Waals surface area contributed by atoms with Crippen molar-refractivity contribution in [2.45, 2.75) is 19.4 Å². The maximum absolute atomic E-state index is 5.81. The van der Waals surface area contributed by atoms with Gasteiger partial charge >= 0.3 is 0 Å². The van der Waals surface area contributed by atoms with E-state index in [0.29, 0.717) is 6.04 Å². The minimum Gasteiger partial charge on any atom is -0.313 e. The molecular weight excluding hydrogens is 182 g/mol. The summed E-state index contributed by atoms with van der Waals surface area (Å²) in [4.78, 5) is 0. The number of rotatable bonds is 2. The van der Waals surface area contributed by atoms with Crippen molar-refractivity contribution in [1.29, 1.82) is 0 Å². The van der Waals surface area contributed by atoms with E-state index in [1.165, 1.54) is 5.56 Å². The highest BCUT2D eigenvalue weighted by molar-refractivity contribution is 6.30. The maximum Gasteiger partial charge on any atom is 0.0406 e. The highest BCUT2D eigenvalue weighted by Crippen LogP contribution is 2.18. The summed E-state index contributed by atoms with van der Waals surface area (Å²) in [7, 11) is 0. The van der Waals surface area contributed by atoms with Crippen molar-refractivity contribution in [2.75, 3.05) is 6.54 Å². The molecule has 2 rings (SSSR count). The average Bonchev–Trinajstić information content (AvgIpc) is 2.15. The summed E-state index contributed by atoms with van der Waals surface area (Å²) < 4.78 is 0. The molecule has 2 heteroatoms. The van der Waals surface area contributed by atoms with Crippen molar-refractivity contribution in [2.24, 2.45) is 5.92 Å². The Kier molecular flexibility index (Phi) is 2.56. The summed E-state index contributed by atoms with van der Waals surface area (Å²) in [5.74, 6) is 0.815. The number of hydrogen-bond acceptors (Lipinski definition) is 1. The lowest BCUT2D eigenvalue weighted by Crippen LogP contribution is -2.52. The highest BCUT2D eigenvalue weighted by Gasteiger charge is 2.25. The van der Waals surface area contributed by atoms with E-state index in [4.69, 9.17) is 11.6 Å². The van der Waals surface area contributed by atoms with Gasteiger partial charge in [0.2, 0.25) is 0 Å². The van der Waals surface area contributed by atoms with Gasteiger partial charge in [-0.15, -0.1) is 0 Å². The van der Waals surface area contributed by atoms with E-state index >= 15 is 0 Å². The molecule has 1 N–H and O–H groups in total. The van der Waals surface area contributed by atoms with Crippen LogP contribution in [0.25, 0.3) is 0 Å². The Bertz CT molecular complexity index is 281. The second kappa shape index (κ2) is 3.69. The van der Waals surface area contributed by atoms with Crippen molar-refractivity contribution in [1.82, 2.24) is 5.32 Å². The zero-order chi connectivity index (χ0) is 9.26. The average molecular weight is 196 g/mol. The summed E-state index contributed by atoms with van der Waals surface area (Å²) in [5.41, 5.74) is 1.37. The zero-order valence-corrected chi connectivity index (χ0v) is 8.51. The van der Waals surface area contributed by atoms with Gasteiger partial charge in [-0.2, -0.15) is 0 Å². The van der Waals surface area contributed by atoms with Gasteiger partial charge in [-0.05, 0) is 36.6 Å². The fourth-order valence-corrected chi connectivity index (χ4v) is 1.79. The van der Waals surface area contributed by atoms with E-state index in [-0.39, 0.29) is 0 Å². The number of nitrogens with one attached hydrogen (secondary N) is 1. The van der Waals surface area contributed by atoms with E-state index in [9.17, 15) is 0 Å². The smallest absolute Gasteiger partial charge is 0.0406 e. The first-order chi connectivity index (χ1) is 6.25. The van der Waals surface area contributed by atoms with Gasteiger partial charge < -0.3 is 5.32 Å². The molecule has 1 heterocycles. The Hall–Kier alpha value is -0.530. The van der Waals surface area contributed by atoms with Gasteiger partial charge in [0.25, 0.3) is 0 Å². The van der Waals surface area contributed by atoms with Crippen molar-refractivity contribution < 1.29 is 0 Å². The molecule has 1 aliphatic rings. The zero-order valence-electron chi connectivity index (χ0n) is 7.76. The first-order valence-electron chi connectivity index (χ1n) is 4.73. The molecule has 0 aliphatic carbocycles. The predicted molar refractivity (Wildman–Crippen MR) is 56.1 cm³/mol. The molecule has 0 spiro atoms. The third-order valence-electron chi connectivity index (χ3n) is 2.76. The Morgan fingerprint density at radius 3 is 2.54 bits per heavy atom. The van der Waals surface area contributed by atoms with Crippen LogP contribution in [0.3, 0.4) is 0 Å². The van der Waals surface area contributed by atoms with Gasteiger partial charge in [0.05, 0.1) is 0 Å². The van der Waals surface area contributed by atoms with Crippen LogP contribution in [0.1, 0.15) is 12.5 Å². The minimum atomic E-state index is 0.668. The Morgan fingerprint density at radius 2 is 2.08 bits per heavy atom. The quantitative estimate of drug-likeness (QED) is 0.765. The Morgan fingerprint density at radius 1 is 1.38 bits per heavy atom. The molecule has 1 aromatic rings. The fraction of sp³-hybridized carbons (Fsp3) is 0.455. The topological polar surface area (TPSA) is 12.0 Å². The lowest BCUT2D eigenvalue weighted by atomic mass is 9.88. The van der Waals surface area contributed by atoms with E-state index in [0.717, 1.165) is 23.9 Å². The van der Waals surface area contributed by atoms with Crippen LogP contribution >= 0.6 is 11.6 Å². The molecular formula is C11H14ClN. The van der Waals surface area contributed by atoms with Gasteiger partial charge in [0.1, 0.15) is 0 Å². The van der Waals surface area contributed by atoms with Gasteiger partial charge in [0.15, 0.2) is 0 Å². The molecule has 1 unspecified atom stereocenters. The first kappa shape index (κ1) is 9.04. The first-order valence-corrected chi connectivity index (χ1v) is 5.11. The van der Waals surface area contributed by atoms with E-state index < -0.39 is 0 Å². The van der Waals surface area contributed by atoms with Crippen LogP contribution in [0.5, 0.6) is 0 Å². The molecule has 2 atom stereocenters. The third kappa shape index (κ3) is 2.04. The van der Waals surface area contributed by atoms with E-state index in [2.05, 4.69) is 24.4 Å². The molecule has 0 radical (unpaired) electrons. The molecule has 1 aliphatic heterocycles. The summed E-state index contributed by atoms with van der Waals surface area (Å²) in [6.45, 7) is 3.45. The predicted octanol–water partition coefficient (Wildman–Crippen LogP) is 2.49. The van der Waals surface area contributed by atoms with Gasteiger partial charge in [-0.1, -0.05) is 30.7 Å². The summed E-state index contributed by atoms with van der Waals surface area (Å²) in [6, 6.07) is 8.80. The Labute approximate surface area is 84.1 Å². The molecule has 1 saturated heterocycles. The van der Waals surface area contributed by atoms with Crippen molar-refractivity contribution in [3.63, 3.8) is 0 Å². The number of hydrogen-bond donors (Lipinski definition) is 1. The van der Waals surface area contributed by atoms with Crippen molar-refractivity contribution in [3.8, 4) is 0 Å². The van der Waals surface area contributed by atoms with Crippen LogP contribution in [0.4, 0.5) is 0 Å². The van der Waals surface area contributed by atoms with Crippen LogP contribution in [0.15, 0.2) is 24.3 Å². The molecule has 1 aromatic carbocycles. The van der Waals surface area contributed by atoms with E-state index in [1.807, 2.05) is 12.1 Å². The summed E-state index contributed by atoms with van der Waals surface area (Å²) in [6.07, 6.45) is 1.12. The van der Waals surface area contributed by atoms with Gasteiger partial charge in [0, 0.05) is 11.1 Å². The second-order valence-electron chi connectivity index (χ2n) is 3.82. The molecule has 0 aromatic heterocycles. The lowest BCUT2D eigenvalue weighted by Gasteiger charge is -2.35. The largest absolute Gasteiger partial charge is 0.313 e. The highest BCUT2D eigenvalue weighted by atomic mass is 35.5. The van der Waals surface area contributed by atoms with Crippen LogP contribution < -0.4 is 5.32 Å². The molecule has 0 amide bonds. The fourth-order valence-electron chi connectivity index (χ4n) is 1.67. The number of benzene rings is 1. The molecule has 13 heavy (non-hydrogen) atoms. The standard InChI is InChI=1S/C11H14ClN/c1-8-7-13-11(8)6-9-2-4-10(12)5-3-9/h2-5,8,11,13H,6-7H2,1H3/t8?,11-/m0/s1. The van der Waals surface area contributed by atoms with Crippen molar-refractivity contribution >= 4 is 11.6 Å². The minimum absolute atomic E-state index is 0.668. The molecule has 0 saturated carbocycles. The number of halogens is 1. The van der Waals surface area contributed by atoms with Gasteiger partial charge in [-0.3, -0.25) is 0 Å². The monoisotopic (exact) mass is 195 g/mol. The normalized spacial score (nSPS) is 26.9. The second-order valence-corrected chi connectivity index (χ2v) is 4.26.